The molecule has 10 heteroatoms. The molecule has 0 radical (unpaired) electrons. The van der Waals surface area contributed by atoms with E-state index in [1.54, 1.807) is 0 Å². The Labute approximate surface area is 187 Å². The molecule has 0 spiro atoms. The van der Waals surface area contributed by atoms with E-state index in [4.69, 9.17) is 0 Å². The van der Waals surface area contributed by atoms with Crippen LogP contribution in [0.2, 0.25) is 0 Å². The third-order valence-corrected chi connectivity index (χ3v) is 6.76. The van der Waals surface area contributed by atoms with Crippen molar-refractivity contribution in [2.75, 3.05) is 48.7 Å². The summed E-state index contributed by atoms with van der Waals surface area (Å²) >= 11 is 0. The predicted octanol–water partition coefficient (Wildman–Crippen LogP) is 2.19. The summed E-state index contributed by atoms with van der Waals surface area (Å²) < 4.78 is 52.2. The van der Waals surface area contributed by atoms with Gasteiger partial charge >= 0.3 is 0 Å². The lowest BCUT2D eigenvalue weighted by molar-refractivity contribution is -0.122. The molecule has 0 unspecified atom stereocenters. The van der Waals surface area contributed by atoms with E-state index in [9.17, 15) is 22.0 Å². The van der Waals surface area contributed by atoms with E-state index in [1.165, 1.54) is 6.92 Å². The summed E-state index contributed by atoms with van der Waals surface area (Å²) in [5.41, 5.74) is 1.86. The van der Waals surface area contributed by atoms with Gasteiger partial charge in [0.25, 0.3) is 0 Å². The van der Waals surface area contributed by atoms with Crippen LogP contribution < -0.4 is 14.5 Å². The number of nitrogens with one attached hydrogen (secondary N) is 1. The zero-order valence-electron chi connectivity index (χ0n) is 18.4. The molecule has 2 aromatic carbocycles. The minimum atomic E-state index is -3.92. The predicted molar refractivity (Wildman–Crippen MR) is 121 cm³/mol. The Bertz CT molecular complexity index is 1060. The van der Waals surface area contributed by atoms with Crippen molar-refractivity contribution in [1.82, 2.24) is 10.2 Å². The second kappa shape index (κ2) is 9.83. The average molecular weight is 467 g/mol. The molecule has 0 bridgehead atoms. The molecule has 1 N–H and O–H groups in total. The van der Waals surface area contributed by atoms with Crippen LogP contribution in [0.1, 0.15) is 12.5 Å². The number of halogens is 2. The molecule has 174 valence electrons. The van der Waals surface area contributed by atoms with Gasteiger partial charge in [-0.25, -0.2) is 17.2 Å². The van der Waals surface area contributed by atoms with Crippen molar-refractivity contribution < 1.29 is 22.0 Å². The molecule has 1 atom stereocenters. The molecule has 1 fully saturated rings. The summed E-state index contributed by atoms with van der Waals surface area (Å²) in [6.07, 6.45) is 0.912. The number of nitrogens with zero attached hydrogens (tertiary/aromatic N) is 3. The van der Waals surface area contributed by atoms with Gasteiger partial charge < -0.3 is 15.1 Å². The molecule has 0 aliphatic carbocycles. The molecule has 1 aliphatic heterocycles. The summed E-state index contributed by atoms with van der Waals surface area (Å²) in [7, 11) is -1.82. The Kier molecular flexibility index (Phi) is 7.35. The molecule has 1 heterocycles. The maximum Gasteiger partial charge on any atom is 0.243 e. The van der Waals surface area contributed by atoms with E-state index in [1.807, 2.05) is 24.3 Å². The van der Waals surface area contributed by atoms with Gasteiger partial charge in [0.05, 0.1) is 11.9 Å². The molecule has 1 saturated heterocycles. The van der Waals surface area contributed by atoms with Gasteiger partial charge in [-0.1, -0.05) is 12.1 Å². The first-order chi connectivity index (χ1) is 15.1. The maximum atomic E-state index is 13.6. The van der Waals surface area contributed by atoms with Crippen LogP contribution in [-0.2, 0) is 21.4 Å². The number of amides is 1. The van der Waals surface area contributed by atoms with Crippen LogP contribution in [0.25, 0.3) is 0 Å². The van der Waals surface area contributed by atoms with Gasteiger partial charge in [0.1, 0.15) is 6.04 Å². The van der Waals surface area contributed by atoms with Crippen LogP contribution in [-0.4, -0.2) is 64.7 Å². The van der Waals surface area contributed by atoms with Gasteiger partial charge in [-0.15, -0.1) is 0 Å². The highest BCUT2D eigenvalue weighted by Gasteiger charge is 2.29. The van der Waals surface area contributed by atoms with Crippen LogP contribution >= 0.6 is 0 Å². The largest absolute Gasteiger partial charge is 0.369 e. The highest BCUT2D eigenvalue weighted by Crippen LogP contribution is 2.23. The molecule has 1 amide bonds. The summed E-state index contributed by atoms with van der Waals surface area (Å²) in [6.45, 7) is 5.52. The Balaban J connectivity index is 1.65. The van der Waals surface area contributed by atoms with Crippen LogP contribution in [0.3, 0.4) is 0 Å². The van der Waals surface area contributed by atoms with E-state index in [0.29, 0.717) is 0 Å². The summed E-state index contributed by atoms with van der Waals surface area (Å²) in [4.78, 5) is 17.3. The first-order valence-corrected chi connectivity index (χ1v) is 12.2. The summed E-state index contributed by atoms with van der Waals surface area (Å²) in [6, 6.07) is 9.40. The standard InChI is InChI=1S/C22H28F2N4O3S/c1-16(28(32(3,30)31)19-8-9-20(23)21(24)14-19)22(29)25-15-17-4-6-18(7-5-17)27-12-10-26(2)11-13-27/h4-9,14,16H,10-13,15H2,1-3H3,(H,25,29)/t16-/m1/s1. The number of rotatable bonds is 7. The number of likely N-dealkylation sites (N-methyl/N-ethyl adjacent to an activating group) is 1. The lowest BCUT2D eigenvalue weighted by atomic mass is 10.1. The smallest absolute Gasteiger partial charge is 0.243 e. The minimum absolute atomic E-state index is 0.120. The second-order valence-corrected chi connectivity index (χ2v) is 9.87. The molecule has 3 rings (SSSR count). The first kappa shape index (κ1) is 23.9. The first-order valence-electron chi connectivity index (χ1n) is 10.3. The van der Waals surface area contributed by atoms with Crippen molar-refractivity contribution >= 4 is 27.3 Å². The van der Waals surface area contributed by atoms with Gasteiger partial charge in [0.2, 0.25) is 15.9 Å². The van der Waals surface area contributed by atoms with Crippen LogP contribution in [0, 0.1) is 11.6 Å². The normalized spacial score (nSPS) is 16.0. The molecular formula is C22H28F2N4O3S. The number of benzene rings is 2. The van der Waals surface area contributed by atoms with Crippen LogP contribution in [0.15, 0.2) is 42.5 Å². The Hall–Kier alpha value is -2.72. The molecule has 2 aromatic rings. The molecule has 0 saturated carbocycles. The lowest BCUT2D eigenvalue weighted by Crippen LogP contribution is -2.47. The Morgan fingerprint density at radius 1 is 1.06 bits per heavy atom. The number of hydrogen-bond acceptors (Lipinski definition) is 5. The third-order valence-electron chi connectivity index (χ3n) is 5.52. The van der Waals surface area contributed by atoms with Gasteiger partial charge in [0, 0.05) is 44.5 Å². The van der Waals surface area contributed by atoms with Gasteiger partial charge in [-0.2, -0.15) is 0 Å². The molecule has 32 heavy (non-hydrogen) atoms. The highest BCUT2D eigenvalue weighted by atomic mass is 32.2. The van der Waals surface area contributed by atoms with E-state index in [-0.39, 0.29) is 12.2 Å². The number of anilines is 2. The van der Waals surface area contributed by atoms with Crippen molar-refractivity contribution in [2.24, 2.45) is 0 Å². The fourth-order valence-electron chi connectivity index (χ4n) is 3.66. The summed E-state index contributed by atoms with van der Waals surface area (Å²) in [5.74, 6) is -2.84. The van der Waals surface area contributed by atoms with E-state index in [2.05, 4.69) is 22.2 Å². The van der Waals surface area contributed by atoms with Crippen molar-refractivity contribution in [3.8, 4) is 0 Å². The second-order valence-electron chi connectivity index (χ2n) is 8.01. The zero-order valence-corrected chi connectivity index (χ0v) is 19.2. The summed E-state index contributed by atoms with van der Waals surface area (Å²) in [5, 5.41) is 2.72. The molecule has 7 nitrogen and oxygen atoms in total. The third kappa shape index (κ3) is 5.74. The van der Waals surface area contributed by atoms with E-state index in [0.717, 1.165) is 66.2 Å². The van der Waals surface area contributed by atoms with E-state index >= 15 is 0 Å². The van der Waals surface area contributed by atoms with Crippen molar-refractivity contribution in [1.29, 1.82) is 0 Å². The topological polar surface area (TPSA) is 73.0 Å². The van der Waals surface area contributed by atoms with E-state index < -0.39 is 33.6 Å². The molecule has 1 aliphatic rings. The zero-order chi connectivity index (χ0) is 23.5. The molecular weight excluding hydrogens is 438 g/mol. The van der Waals surface area contributed by atoms with Crippen molar-refractivity contribution in [3.05, 3.63) is 59.7 Å². The lowest BCUT2D eigenvalue weighted by Gasteiger charge is -2.34. The quantitative estimate of drug-likeness (QED) is 0.677. The van der Waals surface area contributed by atoms with Gasteiger partial charge in [-0.3, -0.25) is 9.10 Å². The molecule has 0 aromatic heterocycles. The van der Waals surface area contributed by atoms with Crippen molar-refractivity contribution in [2.45, 2.75) is 19.5 Å². The number of carbonyl (C=O) groups excluding carboxylic acids is 1. The SMILES string of the molecule is C[C@H](C(=O)NCc1ccc(N2CCN(C)CC2)cc1)N(c1ccc(F)c(F)c1)S(C)(=O)=O. The minimum Gasteiger partial charge on any atom is -0.369 e. The number of hydrogen-bond donors (Lipinski definition) is 1. The van der Waals surface area contributed by atoms with Crippen molar-refractivity contribution in [3.63, 3.8) is 0 Å². The number of piperazine rings is 1. The monoisotopic (exact) mass is 466 g/mol. The Morgan fingerprint density at radius 3 is 2.25 bits per heavy atom. The van der Waals surface area contributed by atoms with Gasteiger partial charge in [-0.05, 0) is 43.8 Å². The van der Waals surface area contributed by atoms with Gasteiger partial charge in [0.15, 0.2) is 11.6 Å². The van der Waals surface area contributed by atoms with Crippen LogP contribution in [0.4, 0.5) is 20.2 Å². The fraction of sp³-hybridized carbons (Fsp3) is 0.409. The average Bonchev–Trinajstić information content (AvgIpc) is 2.74. The Morgan fingerprint density at radius 2 is 1.69 bits per heavy atom. The fourth-order valence-corrected chi connectivity index (χ4v) is 4.82. The highest BCUT2D eigenvalue weighted by molar-refractivity contribution is 7.92. The number of sulfonamides is 1. The maximum absolute atomic E-state index is 13.6. The number of carbonyl (C=O) groups is 1. The van der Waals surface area contributed by atoms with Crippen LogP contribution in [0.5, 0.6) is 0 Å².